The summed E-state index contributed by atoms with van der Waals surface area (Å²) in [7, 11) is -4.30. The Morgan fingerprint density at radius 3 is 2.42 bits per heavy atom. The third-order valence-electron chi connectivity index (χ3n) is 4.64. The molecule has 0 aliphatic heterocycles. The second-order valence-corrected chi connectivity index (χ2v) is 8.80. The first-order valence-electron chi connectivity index (χ1n) is 9.71. The summed E-state index contributed by atoms with van der Waals surface area (Å²) in [6, 6.07) is 12.8. The molecule has 3 rings (SSSR count). The van der Waals surface area contributed by atoms with Crippen LogP contribution in [0.3, 0.4) is 0 Å². The lowest BCUT2D eigenvalue weighted by atomic mass is 10.2. The van der Waals surface area contributed by atoms with Crippen molar-refractivity contribution < 1.29 is 26.4 Å². The van der Waals surface area contributed by atoms with E-state index in [1.54, 1.807) is 24.5 Å². The molecule has 1 heterocycles. The number of halogens is 3. The van der Waals surface area contributed by atoms with E-state index in [-0.39, 0.29) is 29.2 Å². The molecule has 0 bridgehead atoms. The van der Waals surface area contributed by atoms with Crippen LogP contribution in [-0.4, -0.2) is 25.9 Å². The van der Waals surface area contributed by atoms with Crippen LogP contribution in [0.1, 0.15) is 21.5 Å². The molecule has 0 radical (unpaired) electrons. The molecule has 6 nitrogen and oxygen atoms in total. The van der Waals surface area contributed by atoms with Gasteiger partial charge in [-0.2, -0.15) is 13.2 Å². The van der Waals surface area contributed by atoms with Crippen LogP contribution >= 0.6 is 0 Å². The number of sulfonamides is 1. The molecule has 0 aliphatic carbocycles. The number of nitrogens with zero attached hydrogens (tertiary/aromatic N) is 2. The van der Waals surface area contributed by atoms with Crippen LogP contribution in [0, 0.1) is 0 Å². The van der Waals surface area contributed by atoms with Gasteiger partial charge in [0.15, 0.2) is 0 Å². The van der Waals surface area contributed by atoms with Crippen molar-refractivity contribution in [2.45, 2.75) is 17.6 Å². The number of nitrogens with one attached hydrogen (secondary N) is 1. The number of pyridine rings is 1. The van der Waals surface area contributed by atoms with Crippen molar-refractivity contribution in [1.82, 2.24) is 10.3 Å². The van der Waals surface area contributed by atoms with Crippen LogP contribution in [0.15, 0.2) is 90.6 Å². The van der Waals surface area contributed by atoms with Gasteiger partial charge >= 0.3 is 6.18 Å². The highest BCUT2D eigenvalue weighted by Crippen LogP contribution is 2.33. The second kappa shape index (κ2) is 9.86. The standard InChI is InChI=1S/C23H20F3N3O3S/c1-2-13-29(20-7-4-6-19(15-20)23(24,25)26)33(31,32)21-8-3-5-18(14-21)22(30)28-16-17-9-11-27-12-10-17/h2-12,14-15H,1,13,16H2,(H,28,30). The SMILES string of the molecule is C=CCN(c1cccc(C(F)(F)F)c1)S(=O)(=O)c1cccc(C(=O)NCc2ccncc2)c1. The topological polar surface area (TPSA) is 79.4 Å². The second-order valence-electron chi connectivity index (χ2n) is 6.94. The highest BCUT2D eigenvalue weighted by Gasteiger charge is 2.32. The zero-order valence-electron chi connectivity index (χ0n) is 17.3. The van der Waals surface area contributed by atoms with Crippen molar-refractivity contribution in [2.75, 3.05) is 10.8 Å². The number of carbonyl (C=O) groups is 1. The van der Waals surface area contributed by atoms with E-state index in [9.17, 15) is 26.4 Å². The van der Waals surface area contributed by atoms with Crippen LogP contribution in [0.2, 0.25) is 0 Å². The van der Waals surface area contributed by atoms with Gasteiger partial charge in [0.05, 0.1) is 22.7 Å². The van der Waals surface area contributed by atoms with Crippen LogP contribution in [0.4, 0.5) is 18.9 Å². The lowest BCUT2D eigenvalue weighted by Crippen LogP contribution is -2.32. The Kier molecular flexibility index (Phi) is 7.17. The number of hydrogen-bond acceptors (Lipinski definition) is 4. The highest BCUT2D eigenvalue weighted by molar-refractivity contribution is 7.92. The monoisotopic (exact) mass is 475 g/mol. The molecule has 172 valence electrons. The van der Waals surface area contributed by atoms with Crippen LogP contribution < -0.4 is 9.62 Å². The van der Waals surface area contributed by atoms with E-state index in [2.05, 4.69) is 16.9 Å². The summed E-state index contributed by atoms with van der Waals surface area (Å²) in [6.45, 7) is 3.46. The van der Waals surface area contributed by atoms with Crippen LogP contribution in [-0.2, 0) is 22.7 Å². The third kappa shape index (κ3) is 5.78. The van der Waals surface area contributed by atoms with Crippen molar-refractivity contribution >= 4 is 21.6 Å². The molecular formula is C23H20F3N3O3S. The Hall–Kier alpha value is -3.66. The van der Waals surface area contributed by atoms with E-state index >= 15 is 0 Å². The first kappa shape index (κ1) is 24.0. The van der Waals surface area contributed by atoms with Gasteiger partial charge in [0.1, 0.15) is 0 Å². The first-order valence-corrected chi connectivity index (χ1v) is 11.1. The van der Waals surface area contributed by atoms with Crippen molar-refractivity contribution in [3.63, 3.8) is 0 Å². The van der Waals surface area contributed by atoms with Crippen molar-refractivity contribution in [2.24, 2.45) is 0 Å². The zero-order chi connectivity index (χ0) is 24.1. The summed E-state index contributed by atoms with van der Waals surface area (Å²) in [4.78, 5) is 16.2. The smallest absolute Gasteiger partial charge is 0.348 e. The molecule has 2 aromatic carbocycles. The molecule has 1 amide bonds. The number of benzene rings is 2. The maximum atomic E-state index is 13.3. The number of rotatable bonds is 8. The molecule has 0 saturated carbocycles. The van der Waals surface area contributed by atoms with Crippen LogP contribution in [0.5, 0.6) is 0 Å². The molecule has 0 fully saturated rings. The fourth-order valence-electron chi connectivity index (χ4n) is 3.01. The Labute approximate surface area is 189 Å². The van der Waals surface area contributed by atoms with Crippen LogP contribution in [0.25, 0.3) is 0 Å². The van der Waals surface area contributed by atoms with Crippen molar-refractivity contribution in [3.05, 3.63) is 102 Å². The molecule has 0 aliphatic rings. The minimum Gasteiger partial charge on any atom is -0.348 e. The average Bonchev–Trinajstić information content (AvgIpc) is 2.81. The number of alkyl halides is 3. The van der Waals surface area contributed by atoms with Crippen molar-refractivity contribution in [1.29, 1.82) is 0 Å². The molecule has 33 heavy (non-hydrogen) atoms. The first-order chi connectivity index (χ1) is 15.6. The predicted molar refractivity (Wildman–Crippen MR) is 118 cm³/mol. The van der Waals surface area contributed by atoms with Gasteiger partial charge in [-0.3, -0.25) is 14.1 Å². The minimum atomic E-state index is -4.63. The van der Waals surface area contributed by atoms with E-state index in [0.29, 0.717) is 0 Å². The number of hydrogen-bond donors (Lipinski definition) is 1. The average molecular weight is 475 g/mol. The van der Waals surface area contributed by atoms with E-state index in [0.717, 1.165) is 28.1 Å². The molecule has 0 spiro atoms. The van der Waals surface area contributed by atoms with Gasteiger partial charge in [0, 0.05) is 24.5 Å². The number of aromatic nitrogens is 1. The molecule has 1 N–H and O–H groups in total. The lowest BCUT2D eigenvalue weighted by molar-refractivity contribution is -0.137. The van der Waals surface area contributed by atoms with Gasteiger partial charge in [-0.25, -0.2) is 8.42 Å². The van der Waals surface area contributed by atoms with Gasteiger partial charge in [-0.15, -0.1) is 6.58 Å². The van der Waals surface area contributed by atoms with Gasteiger partial charge in [-0.05, 0) is 54.1 Å². The molecule has 3 aromatic rings. The fraction of sp³-hybridized carbons (Fsp3) is 0.130. The molecule has 10 heteroatoms. The Bertz CT molecular complexity index is 1250. The van der Waals surface area contributed by atoms with E-state index in [1.807, 2.05) is 0 Å². The van der Waals surface area contributed by atoms with Gasteiger partial charge in [-0.1, -0.05) is 18.2 Å². The fourth-order valence-corrected chi connectivity index (χ4v) is 4.48. The number of amides is 1. The van der Waals surface area contributed by atoms with E-state index in [4.69, 9.17) is 0 Å². The number of anilines is 1. The Morgan fingerprint density at radius 1 is 1.06 bits per heavy atom. The summed E-state index contributed by atoms with van der Waals surface area (Å²) in [5.74, 6) is -0.502. The van der Waals surface area contributed by atoms with E-state index < -0.39 is 27.7 Å². The maximum Gasteiger partial charge on any atom is 0.416 e. The number of carbonyl (C=O) groups excluding carboxylic acids is 1. The maximum absolute atomic E-state index is 13.3. The normalized spacial score (nSPS) is 11.6. The molecule has 1 aromatic heterocycles. The summed E-state index contributed by atoms with van der Waals surface area (Å²) >= 11 is 0. The largest absolute Gasteiger partial charge is 0.416 e. The van der Waals surface area contributed by atoms with Gasteiger partial charge in [0.2, 0.25) is 0 Å². The molecular weight excluding hydrogens is 455 g/mol. The van der Waals surface area contributed by atoms with E-state index in [1.165, 1.54) is 36.4 Å². The summed E-state index contributed by atoms with van der Waals surface area (Å²) < 4.78 is 66.8. The Balaban J connectivity index is 1.90. The Morgan fingerprint density at radius 2 is 1.76 bits per heavy atom. The minimum absolute atomic E-state index is 0.0905. The highest BCUT2D eigenvalue weighted by atomic mass is 32.2. The summed E-state index contributed by atoms with van der Waals surface area (Å²) in [5, 5.41) is 2.69. The third-order valence-corrected chi connectivity index (χ3v) is 6.43. The quantitative estimate of drug-likeness (QED) is 0.490. The molecule has 0 unspecified atom stereocenters. The summed E-state index contributed by atoms with van der Waals surface area (Å²) in [5.41, 5.74) is -0.248. The summed E-state index contributed by atoms with van der Waals surface area (Å²) in [6.07, 6.45) is -0.206. The molecule has 0 saturated heterocycles. The molecule has 0 atom stereocenters. The zero-order valence-corrected chi connectivity index (χ0v) is 18.1. The van der Waals surface area contributed by atoms with Gasteiger partial charge in [0.25, 0.3) is 15.9 Å². The predicted octanol–water partition coefficient (Wildman–Crippen LogP) is 4.41. The van der Waals surface area contributed by atoms with Crippen molar-refractivity contribution in [3.8, 4) is 0 Å². The lowest BCUT2D eigenvalue weighted by Gasteiger charge is -2.24. The van der Waals surface area contributed by atoms with Gasteiger partial charge < -0.3 is 5.32 Å².